The Labute approximate surface area is 167 Å². The fraction of sp³-hybridized carbons (Fsp3) is 0.682. The molecule has 5 atom stereocenters. The second kappa shape index (κ2) is 11.2. The van der Waals surface area contributed by atoms with Gasteiger partial charge in [-0.1, -0.05) is 49.1 Å². The first kappa shape index (κ1) is 22.4. The zero-order chi connectivity index (χ0) is 19.8. The van der Waals surface area contributed by atoms with E-state index < -0.39 is 18.3 Å². The van der Waals surface area contributed by atoms with Gasteiger partial charge in [0.1, 0.15) is 5.78 Å². The number of hydrogen-bond acceptors (Lipinski definition) is 4. The van der Waals surface area contributed by atoms with E-state index in [-0.39, 0.29) is 17.6 Å². The van der Waals surface area contributed by atoms with Crippen molar-refractivity contribution in [1.82, 2.24) is 0 Å². The fourth-order valence-electron chi connectivity index (χ4n) is 4.34. The number of aliphatic hydroxyl groups excluding tert-OH is 3. The van der Waals surface area contributed by atoms with E-state index in [4.69, 9.17) is 11.6 Å². The van der Waals surface area contributed by atoms with E-state index >= 15 is 0 Å². The zero-order valence-corrected chi connectivity index (χ0v) is 16.9. The van der Waals surface area contributed by atoms with Crippen LogP contribution in [-0.4, -0.2) is 33.3 Å². The van der Waals surface area contributed by atoms with Gasteiger partial charge < -0.3 is 20.1 Å². The summed E-state index contributed by atoms with van der Waals surface area (Å²) in [6.45, 7) is 1.62. The Balaban J connectivity index is 1.80. The molecule has 1 saturated carbocycles. The summed E-state index contributed by atoms with van der Waals surface area (Å²) in [5.74, 6) is 0.321. The summed E-state index contributed by atoms with van der Waals surface area (Å²) in [6, 6.07) is 7.28. The van der Waals surface area contributed by atoms with E-state index in [1.165, 1.54) is 0 Å². The predicted molar refractivity (Wildman–Crippen MR) is 108 cm³/mol. The Kier molecular flexibility index (Phi) is 9.24. The van der Waals surface area contributed by atoms with Gasteiger partial charge in [-0.2, -0.15) is 0 Å². The quantitative estimate of drug-likeness (QED) is 0.483. The lowest BCUT2D eigenvalue weighted by molar-refractivity contribution is -0.117. The van der Waals surface area contributed by atoms with Crippen molar-refractivity contribution in [2.24, 2.45) is 11.8 Å². The van der Waals surface area contributed by atoms with Gasteiger partial charge >= 0.3 is 0 Å². The number of rotatable bonds is 11. The zero-order valence-electron chi connectivity index (χ0n) is 16.2. The highest BCUT2D eigenvalue weighted by Gasteiger charge is 2.40. The number of Topliss-reactive ketones (excluding diaryl/α,β-unsaturated/α-hetero) is 1. The minimum atomic E-state index is -0.657. The highest BCUT2D eigenvalue weighted by atomic mass is 35.5. The molecule has 2 rings (SSSR count). The Morgan fingerprint density at radius 1 is 1.07 bits per heavy atom. The van der Waals surface area contributed by atoms with Crippen LogP contribution in [0, 0.1) is 11.8 Å². The lowest BCUT2D eigenvalue weighted by Crippen LogP contribution is -2.23. The third-order valence-corrected chi connectivity index (χ3v) is 6.22. The summed E-state index contributed by atoms with van der Waals surface area (Å²) in [5, 5.41) is 31.7. The number of halogens is 1. The van der Waals surface area contributed by atoms with Gasteiger partial charge in [-0.25, -0.2) is 0 Å². The summed E-state index contributed by atoms with van der Waals surface area (Å²) >= 11 is 6.15. The SMILES string of the molecule is CC(=O)CCCCCC[C@@H]1[C@@H](CCC(O)c2ccccc2Cl)[C@H](O)C[C@@H]1O. The van der Waals surface area contributed by atoms with Crippen molar-refractivity contribution in [3.8, 4) is 0 Å². The van der Waals surface area contributed by atoms with Crippen LogP contribution in [0.4, 0.5) is 0 Å². The minimum Gasteiger partial charge on any atom is -0.393 e. The molecule has 1 unspecified atom stereocenters. The second-order valence-corrected chi connectivity index (χ2v) is 8.37. The third kappa shape index (κ3) is 6.86. The molecule has 3 N–H and O–H groups in total. The molecule has 1 aromatic rings. The predicted octanol–water partition coefficient (Wildman–Crippen LogP) is 4.44. The monoisotopic (exact) mass is 396 g/mol. The highest BCUT2D eigenvalue weighted by Crippen LogP contribution is 2.40. The molecule has 1 fully saturated rings. The molecule has 5 heteroatoms. The molecule has 1 aliphatic rings. The molecule has 27 heavy (non-hydrogen) atoms. The number of carbonyl (C=O) groups excluding carboxylic acids is 1. The van der Waals surface area contributed by atoms with E-state index in [0.29, 0.717) is 36.3 Å². The molecule has 0 heterocycles. The molecule has 0 saturated heterocycles. The van der Waals surface area contributed by atoms with Crippen molar-refractivity contribution in [3.63, 3.8) is 0 Å². The van der Waals surface area contributed by atoms with E-state index in [1.807, 2.05) is 18.2 Å². The molecule has 0 radical (unpaired) electrons. The van der Waals surface area contributed by atoms with Crippen molar-refractivity contribution in [3.05, 3.63) is 34.9 Å². The van der Waals surface area contributed by atoms with Crippen molar-refractivity contribution in [2.75, 3.05) is 0 Å². The molecule has 4 nitrogen and oxygen atoms in total. The van der Waals surface area contributed by atoms with Crippen LogP contribution in [0.3, 0.4) is 0 Å². The molecule has 0 spiro atoms. The summed E-state index contributed by atoms with van der Waals surface area (Å²) in [7, 11) is 0. The molecule has 1 aliphatic carbocycles. The number of unbranched alkanes of at least 4 members (excludes halogenated alkanes) is 3. The average molecular weight is 397 g/mol. The van der Waals surface area contributed by atoms with Gasteiger partial charge in [-0.15, -0.1) is 0 Å². The third-order valence-electron chi connectivity index (χ3n) is 5.88. The van der Waals surface area contributed by atoms with Gasteiger partial charge in [0, 0.05) is 11.4 Å². The lowest BCUT2D eigenvalue weighted by atomic mass is 9.84. The molecular formula is C22H33ClO4. The first-order chi connectivity index (χ1) is 12.9. The largest absolute Gasteiger partial charge is 0.393 e. The Bertz CT molecular complexity index is 591. The Hall–Kier alpha value is -0.940. The van der Waals surface area contributed by atoms with Crippen LogP contribution < -0.4 is 0 Å². The van der Waals surface area contributed by atoms with Crippen LogP contribution >= 0.6 is 11.6 Å². The number of carbonyl (C=O) groups is 1. The van der Waals surface area contributed by atoms with Crippen LogP contribution in [0.15, 0.2) is 24.3 Å². The van der Waals surface area contributed by atoms with Crippen LogP contribution in [0.2, 0.25) is 5.02 Å². The van der Waals surface area contributed by atoms with Crippen molar-refractivity contribution < 1.29 is 20.1 Å². The molecule has 0 aliphatic heterocycles. The summed E-state index contributed by atoms with van der Waals surface area (Å²) in [5.41, 5.74) is 0.717. The van der Waals surface area contributed by atoms with Crippen molar-refractivity contribution in [1.29, 1.82) is 0 Å². The van der Waals surface area contributed by atoms with Crippen LogP contribution in [0.5, 0.6) is 0 Å². The molecule has 1 aromatic carbocycles. The topological polar surface area (TPSA) is 77.8 Å². The Morgan fingerprint density at radius 2 is 1.70 bits per heavy atom. The van der Waals surface area contributed by atoms with Crippen molar-refractivity contribution in [2.45, 2.75) is 83.0 Å². The van der Waals surface area contributed by atoms with Gasteiger partial charge in [0.2, 0.25) is 0 Å². The van der Waals surface area contributed by atoms with Gasteiger partial charge in [-0.3, -0.25) is 0 Å². The maximum Gasteiger partial charge on any atom is 0.129 e. The number of aliphatic hydroxyl groups is 3. The van der Waals surface area contributed by atoms with Gasteiger partial charge in [0.05, 0.1) is 18.3 Å². The van der Waals surface area contributed by atoms with E-state index in [2.05, 4.69) is 0 Å². The molecule has 152 valence electrons. The van der Waals surface area contributed by atoms with E-state index in [0.717, 1.165) is 32.1 Å². The minimum absolute atomic E-state index is 0.00866. The standard InChI is InChI=1S/C22H33ClO4/c1-15(24)8-4-2-3-5-9-16-17(22(27)14-21(16)26)12-13-20(25)18-10-6-7-11-19(18)23/h6-7,10-11,16-17,20-22,25-27H,2-5,8-9,12-14H2,1H3/t16-,17-,20?,21+,22-/m1/s1. The molecule has 0 bridgehead atoms. The maximum atomic E-state index is 11.0. The van der Waals surface area contributed by atoms with E-state index in [9.17, 15) is 20.1 Å². The van der Waals surface area contributed by atoms with Gasteiger partial charge in [-0.05, 0) is 62.5 Å². The molecule has 0 aromatic heterocycles. The van der Waals surface area contributed by atoms with Crippen LogP contribution in [-0.2, 0) is 4.79 Å². The Morgan fingerprint density at radius 3 is 2.37 bits per heavy atom. The van der Waals surface area contributed by atoms with Gasteiger partial charge in [0.15, 0.2) is 0 Å². The first-order valence-corrected chi connectivity index (χ1v) is 10.6. The van der Waals surface area contributed by atoms with Crippen molar-refractivity contribution >= 4 is 17.4 Å². The lowest BCUT2D eigenvalue weighted by Gasteiger charge is -2.25. The fourth-order valence-corrected chi connectivity index (χ4v) is 4.60. The summed E-state index contributed by atoms with van der Waals surface area (Å²) in [4.78, 5) is 11.0. The maximum absolute atomic E-state index is 11.0. The number of hydrogen-bond donors (Lipinski definition) is 3. The molecule has 0 amide bonds. The summed E-state index contributed by atoms with van der Waals surface area (Å²) < 4.78 is 0. The molecular weight excluding hydrogens is 364 g/mol. The van der Waals surface area contributed by atoms with Gasteiger partial charge in [0.25, 0.3) is 0 Å². The highest BCUT2D eigenvalue weighted by molar-refractivity contribution is 6.31. The van der Waals surface area contributed by atoms with Crippen LogP contribution in [0.1, 0.15) is 76.4 Å². The second-order valence-electron chi connectivity index (χ2n) is 7.97. The smallest absolute Gasteiger partial charge is 0.129 e. The first-order valence-electron chi connectivity index (χ1n) is 10.2. The van der Waals surface area contributed by atoms with Crippen LogP contribution in [0.25, 0.3) is 0 Å². The number of benzene rings is 1. The number of ketones is 1. The average Bonchev–Trinajstić information content (AvgIpc) is 2.89. The normalized spacial score (nSPS) is 26.3. The van der Waals surface area contributed by atoms with E-state index in [1.54, 1.807) is 13.0 Å². The summed E-state index contributed by atoms with van der Waals surface area (Å²) in [6.07, 6.45) is 5.49.